The minimum absolute atomic E-state index is 0.625. The van der Waals surface area contributed by atoms with Gasteiger partial charge in [-0.05, 0) is 11.7 Å². The third-order valence-corrected chi connectivity index (χ3v) is 3.30. The molecular formula is C9H8F3O2Si. The number of hydrogen-bond donors (Lipinski definition) is 0. The van der Waals surface area contributed by atoms with E-state index in [1.165, 1.54) is 6.55 Å². The summed E-state index contributed by atoms with van der Waals surface area (Å²) in [5.74, 6) is -2.12. The molecule has 0 bridgehead atoms. The maximum absolute atomic E-state index is 11.9. The number of halogens is 3. The number of hydrogen-bond acceptors (Lipinski definition) is 2. The van der Waals surface area contributed by atoms with Crippen molar-refractivity contribution in [2.75, 3.05) is 0 Å². The fourth-order valence-corrected chi connectivity index (χ4v) is 2.10. The van der Waals surface area contributed by atoms with Gasteiger partial charge in [-0.25, -0.2) is 4.79 Å². The number of carbonyl (C=O) groups is 1. The first kappa shape index (κ1) is 11.8. The van der Waals surface area contributed by atoms with Gasteiger partial charge >= 0.3 is 21.2 Å². The van der Waals surface area contributed by atoms with Gasteiger partial charge in [-0.3, -0.25) is 0 Å². The molecule has 1 aromatic rings. The highest BCUT2D eigenvalue weighted by atomic mass is 28.3. The zero-order valence-corrected chi connectivity index (χ0v) is 8.84. The van der Waals surface area contributed by atoms with Crippen LogP contribution in [0.4, 0.5) is 13.2 Å². The smallest absolute Gasteiger partial charge is 0.489 e. The average molecular weight is 233 g/mol. The zero-order chi connectivity index (χ0) is 11.5. The molecule has 0 heterocycles. The van der Waals surface area contributed by atoms with Crippen LogP contribution in [0, 0.1) is 0 Å². The van der Waals surface area contributed by atoms with Gasteiger partial charge in [0.25, 0.3) is 0 Å². The quantitative estimate of drug-likeness (QED) is 0.725. The normalized spacial score (nSPS) is 11.5. The van der Waals surface area contributed by atoms with E-state index in [0.29, 0.717) is 5.19 Å². The molecule has 0 aliphatic heterocycles. The highest BCUT2D eigenvalue weighted by Crippen LogP contribution is 2.16. The summed E-state index contributed by atoms with van der Waals surface area (Å²) in [4.78, 5) is 10.5. The minimum Gasteiger partial charge on any atom is -0.507 e. The molecule has 0 aliphatic rings. The van der Waals surface area contributed by atoms with Gasteiger partial charge in [0, 0.05) is 0 Å². The van der Waals surface area contributed by atoms with Crippen molar-refractivity contribution in [1.29, 1.82) is 0 Å². The van der Waals surface area contributed by atoms with Crippen molar-refractivity contribution < 1.29 is 22.4 Å². The summed E-state index contributed by atoms with van der Waals surface area (Å²) in [6, 6.07) is 8.38. The third kappa shape index (κ3) is 3.39. The lowest BCUT2D eigenvalue weighted by molar-refractivity contribution is -0.190. The Kier molecular flexibility index (Phi) is 3.51. The predicted octanol–water partition coefficient (Wildman–Crippen LogP) is 1.62. The molecule has 0 fully saturated rings. The molecule has 2 nitrogen and oxygen atoms in total. The number of rotatable bonds is 2. The second-order valence-corrected chi connectivity index (χ2v) is 4.70. The first-order valence-electron chi connectivity index (χ1n) is 4.09. The molecule has 0 spiro atoms. The fraction of sp³-hybridized carbons (Fsp3) is 0.222. The summed E-state index contributed by atoms with van der Waals surface area (Å²) >= 11 is 0. The third-order valence-electron chi connectivity index (χ3n) is 1.66. The van der Waals surface area contributed by atoms with Crippen LogP contribution in [0.2, 0.25) is 6.55 Å². The molecule has 0 aliphatic carbocycles. The van der Waals surface area contributed by atoms with Crippen molar-refractivity contribution in [3.05, 3.63) is 30.3 Å². The second kappa shape index (κ2) is 4.48. The van der Waals surface area contributed by atoms with E-state index in [2.05, 4.69) is 4.43 Å². The summed E-state index contributed by atoms with van der Waals surface area (Å²) in [6.45, 7) is 1.49. The first-order chi connectivity index (χ1) is 6.91. The van der Waals surface area contributed by atoms with Gasteiger partial charge in [0.2, 0.25) is 0 Å². The van der Waals surface area contributed by atoms with Gasteiger partial charge in [-0.1, -0.05) is 30.3 Å². The van der Waals surface area contributed by atoms with Crippen LogP contribution in [0.5, 0.6) is 0 Å². The van der Waals surface area contributed by atoms with E-state index in [1.807, 2.05) is 0 Å². The molecule has 1 aromatic carbocycles. The maximum Gasteiger partial charge on any atom is 0.489 e. The minimum atomic E-state index is -4.92. The van der Waals surface area contributed by atoms with E-state index in [9.17, 15) is 18.0 Å². The van der Waals surface area contributed by atoms with Crippen molar-refractivity contribution in [3.8, 4) is 0 Å². The molecular weight excluding hydrogens is 225 g/mol. The Morgan fingerprint density at radius 1 is 1.27 bits per heavy atom. The molecule has 81 valence electrons. The van der Waals surface area contributed by atoms with Crippen LogP contribution in [0.25, 0.3) is 0 Å². The van der Waals surface area contributed by atoms with Gasteiger partial charge in [0.05, 0.1) is 0 Å². The predicted molar refractivity (Wildman–Crippen MR) is 49.8 cm³/mol. The number of carbonyl (C=O) groups excluding carboxylic acids is 1. The summed E-state index contributed by atoms with van der Waals surface area (Å²) < 4.78 is 39.9. The molecule has 1 rings (SSSR count). The molecule has 0 saturated carbocycles. The Labute approximate surface area is 86.4 Å². The molecule has 0 aromatic heterocycles. The number of alkyl halides is 3. The van der Waals surface area contributed by atoms with Crippen LogP contribution in [0.15, 0.2) is 30.3 Å². The first-order valence-corrected chi connectivity index (χ1v) is 6.00. The Morgan fingerprint density at radius 3 is 2.27 bits per heavy atom. The topological polar surface area (TPSA) is 26.3 Å². The Balaban J connectivity index is 2.65. The van der Waals surface area contributed by atoms with E-state index in [1.54, 1.807) is 30.3 Å². The Bertz CT molecular complexity index is 337. The van der Waals surface area contributed by atoms with Crippen molar-refractivity contribution in [2.24, 2.45) is 0 Å². The summed E-state index contributed by atoms with van der Waals surface area (Å²) in [6.07, 6.45) is -4.92. The maximum atomic E-state index is 11.9. The largest absolute Gasteiger partial charge is 0.507 e. The van der Waals surface area contributed by atoms with Crippen LogP contribution in [-0.4, -0.2) is 21.2 Å². The molecule has 15 heavy (non-hydrogen) atoms. The summed E-state index contributed by atoms with van der Waals surface area (Å²) in [7, 11) is -1.92. The van der Waals surface area contributed by atoms with Gasteiger partial charge < -0.3 is 4.43 Å². The van der Waals surface area contributed by atoms with Gasteiger partial charge in [0.15, 0.2) is 0 Å². The Hall–Kier alpha value is -1.30. The van der Waals surface area contributed by atoms with E-state index in [4.69, 9.17) is 0 Å². The van der Waals surface area contributed by atoms with Crippen molar-refractivity contribution in [3.63, 3.8) is 0 Å². The van der Waals surface area contributed by atoms with Crippen LogP contribution < -0.4 is 5.19 Å². The number of benzene rings is 1. The molecule has 0 unspecified atom stereocenters. The van der Waals surface area contributed by atoms with Crippen molar-refractivity contribution in [1.82, 2.24) is 0 Å². The van der Waals surface area contributed by atoms with Crippen LogP contribution in [-0.2, 0) is 9.22 Å². The molecule has 6 heteroatoms. The summed E-state index contributed by atoms with van der Waals surface area (Å²) in [5, 5.41) is 0.625. The summed E-state index contributed by atoms with van der Waals surface area (Å²) in [5.41, 5.74) is 0. The lowest BCUT2D eigenvalue weighted by atomic mass is 10.4. The second-order valence-electron chi connectivity index (χ2n) is 2.81. The molecule has 1 radical (unpaired) electrons. The Morgan fingerprint density at radius 2 is 1.80 bits per heavy atom. The highest BCUT2D eigenvalue weighted by molar-refractivity contribution is 6.67. The lowest BCUT2D eigenvalue weighted by Crippen LogP contribution is -2.37. The highest BCUT2D eigenvalue weighted by Gasteiger charge is 2.41. The van der Waals surface area contributed by atoms with Crippen LogP contribution >= 0.6 is 0 Å². The molecule has 0 N–H and O–H groups in total. The van der Waals surface area contributed by atoms with E-state index in [-0.39, 0.29) is 0 Å². The fourth-order valence-electron chi connectivity index (χ4n) is 0.929. The molecule has 0 atom stereocenters. The van der Waals surface area contributed by atoms with E-state index < -0.39 is 21.2 Å². The van der Waals surface area contributed by atoms with Gasteiger partial charge in [-0.2, -0.15) is 13.2 Å². The average Bonchev–Trinajstić information content (AvgIpc) is 2.17. The standard InChI is InChI=1S/C9H8F3O2Si/c1-15(7-5-3-2-4-6-7)14-8(13)9(10,11)12/h2-6H,1H3. The van der Waals surface area contributed by atoms with E-state index in [0.717, 1.165) is 0 Å². The molecule has 0 saturated heterocycles. The lowest BCUT2D eigenvalue weighted by Gasteiger charge is -2.12. The SMILES string of the molecule is C[Si](OC(=O)C(F)(F)F)c1ccccc1. The monoisotopic (exact) mass is 233 g/mol. The van der Waals surface area contributed by atoms with Crippen molar-refractivity contribution in [2.45, 2.75) is 12.7 Å². The molecule has 0 amide bonds. The van der Waals surface area contributed by atoms with Crippen LogP contribution in [0.1, 0.15) is 0 Å². The van der Waals surface area contributed by atoms with E-state index >= 15 is 0 Å². The van der Waals surface area contributed by atoms with Crippen molar-refractivity contribution >= 4 is 20.2 Å². The van der Waals surface area contributed by atoms with Gasteiger partial charge in [-0.15, -0.1) is 0 Å². The van der Waals surface area contributed by atoms with Crippen LogP contribution in [0.3, 0.4) is 0 Å². The zero-order valence-electron chi connectivity index (χ0n) is 7.84. The van der Waals surface area contributed by atoms with Gasteiger partial charge in [0.1, 0.15) is 0 Å².